The molecule has 0 unspecified atom stereocenters. The molecular weight excluding hydrogens is 214 g/mol. The maximum absolute atomic E-state index is 13.3. The third-order valence-corrected chi connectivity index (χ3v) is 2.95. The third-order valence-electron chi connectivity index (χ3n) is 2.95. The molecule has 1 aromatic rings. The highest BCUT2D eigenvalue weighted by atomic mass is 19.1. The van der Waals surface area contributed by atoms with Gasteiger partial charge in [-0.1, -0.05) is 6.42 Å². The van der Waals surface area contributed by atoms with Crippen molar-refractivity contribution in [2.45, 2.75) is 19.3 Å². The van der Waals surface area contributed by atoms with Crippen molar-refractivity contribution in [3.63, 3.8) is 0 Å². The van der Waals surface area contributed by atoms with E-state index >= 15 is 0 Å². The Morgan fingerprint density at radius 2 is 2.06 bits per heavy atom. The van der Waals surface area contributed by atoms with Crippen LogP contribution in [0.5, 0.6) is 5.75 Å². The highest BCUT2D eigenvalue weighted by Gasteiger charge is 2.29. The number of halogens is 2. The van der Waals surface area contributed by atoms with Crippen LogP contribution >= 0.6 is 0 Å². The van der Waals surface area contributed by atoms with Crippen LogP contribution in [0.3, 0.4) is 0 Å². The van der Waals surface area contributed by atoms with Gasteiger partial charge in [0.05, 0.1) is 12.7 Å². The molecule has 1 aliphatic carbocycles. The number of rotatable bonds is 3. The summed E-state index contributed by atoms with van der Waals surface area (Å²) in [5.74, 6) is -2.05. The van der Waals surface area contributed by atoms with Crippen molar-refractivity contribution in [3.05, 3.63) is 29.3 Å². The van der Waals surface area contributed by atoms with Crippen LogP contribution in [0.25, 0.3) is 0 Å². The van der Waals surface area contributed by atoms with Crippen molar-refractivity contribution in [3.8, 4) is 5.75 Å². The molecule has 0 N–H and O–H groups in total. The molecular formula is C12H12F2O2. The van der Waals surface area contributed by atoms with E-state index < -0.39 is 11.6 Å². The molecule has 86 valence electrons. The summed E-state index contributed by atoms with van der Waals surface area (Å²) in [4.78, 5) is 11.9. The van der Waals surface area contributed by atoms with Gasteiger partial charge < -0.3 is 4.74 Å². The van der Waals surface area contributed by atoms with E-state index in [1.807, 2.05) is 0 Å². The number of Topliss-reactive ketones (excluding diaryl/α,β-unsaturated/α-hetero) is 1. The van der Waals surface area contributed by atoms with E-state index in [4.69, 9.17) is 4.74 Å². The number of ether oxygens (including phenoxy) is 1. The Morgan fingerprint density at radius 3 is 2.56 bits per heavy atom. The van der Waals surface area contributed by atoms with E-state index in [1.54, 1.807) is 0 Å². The molecule has 0 aliphatic heterocycles. The Morgan fingerprint density at radius 1 is 1.38 bits per heavy atom. The van der Waals surface area contributed by atoms with Crippen molar-refractivity contribution in [1.29, 1.82) is 0 Å². The van der Waals surface area contributed by atoms with E-state index in [0.717, 1.165) is 31.4 Å². The first-order valence-corrected chi connectivity index (χ1v) is 5.20. The van der Waals surface area contributed by atoms with Crippen LogP contribution in [-0.4, -0.2) is 12.9 Å². The minimum absolute atomic E-state index is 0.0182. The van der Waals surface area contributed by atoms with Gasteiger partial charge in [-0.2, -0.15) is 0 Å². The van der Waals surface area contributed by atoms with E-state index in [9.17, 15) is 13.6 Å². The lowest BCUT2D eigenvalue weighted by molar-refractivity contribution is 0.0850. The van der Waals surface area contributed by atoms with Gasteiger partial charge in [0.2, 0.25) is 0 Å². The molecule has 0 amide bonds. The minimum Gasteiger partial charge on any atom is -0.493 e. The zero-order valence-electron chi connectivity index (χ0n) is 8.93. The van der Waals surface area contributed by atoms with Crippen LogP contribution in [-0.2, 0) is 0 Å². The second-order valence-electron chi connectivity index (χ2n) is 3.96. The summed E-state index contributed by atoms with van der Waals surface area (Å²) in [5.41, 5.74) is 0.0182. The zero-order chi connectivity index (χ0) is 11.7. The lowest BCUT2D eigenvalue weighted by Crippen LogP contribution is -2.22. The topological polar surface area (TPSA) is 26.3 Å². The first-order valence-electron chi connectivity index (χ1n) is 5.20. The summed E-state index contributed by atoms with van der Waals surface area (Å²) in [7, 11) is 1.27. The Balaban J connectivity index is 2.41. The minimum atomic E-state index is -0.829. The van der Waals surface area contributed by atoms with Gasteiger partial charge in [-0.15, -0.1) is 0 Å². The molecule has 4 heteroatoms. The number of carbonyl (C=O) groups is 1. The summed E-state index contributed by atoms with van der Waals surface area (Å²) in [6.45, 7) is 0. The average Bonchev–Trinajstić information content (AvgIpc) is 2.13. The van der Waals surface area contributed by atoms with Crippen molar-refractivity contribution < 1.29 is 18.3 Å². The molecule has 2 rings (SSSR count). The van der Waals surface area contributed by atoms with Crippen molar-refractivity contribution in [2.75, 3.05) is 7.11 Å². The number of ketones is 1. The largest absolute Gasteiger partial charge is 0.493 e. The van der Waals surface area contributed by atoms with Crippen LogP contribution in [0.1, 0.15) is 29.6 Å². The molecule has 1 saturated carbocycles. The van der Waals surface area contributed by atoms with E-state index in [-0.39, 0.29) is 23.0 Å². The van der Waals surface area contributed by atoms with Gasteiger partial charge >= 0.3 is 0 Å². The Labute approximate surface area is 92.2 Å². The Bertz CT molecular complexity index is 425. The number of hydrogen-bond donors (Lipinski definition) is 0. The second-order valence-corrected chi connectivity index (χ2v) is 3.96. The first-order chi connectivity index (χ1) is 7.63. The number of carbonyl (C=O) groups excluding carboxylic acids is 1. The van der Waals surface area contributed by atoms with Gasteiger partial charge in [0.1, 0.15) is 5.82 Å². The summed E-state index contributed by atoms with van der Waals surface area (Å²) in [6.07, 6.45) is 2.58. The standard InChI is InChI=1S/C12H12F2O2/c1-16-12-9(5-8(13)6-10(12)14)11(15)7-3-2-4-7/h5-7H,2-4H2,1H3. The monoisotopic (exact) mass is 226 g/mol. The third kappa shape index (κ3) is 1.79. The Hall–Kier alpha value is -1.45. The van der Waals surface area contributed by atoms with Crippen LogP contribution < -0.4 is 4.74 Å². The molecule has 0 atom stereocenters. The SMILES string of the molecule is COc1c(F)cc(F)cc1C(=O)C1CCC1. The van der Waals surface area contributed by atoms with Gasteiger partial charge in [0, 0.05) is 12.0 Å². The van der Waals surface area contributed by atoms with E-state index in [2.05, 4.69) is 0 Å². The van der Waals surface area contributed by atoms with Crippen molar-refractivity contribution in [1.82, 2.24) is 0 Å². The highest BCUT2D eigenvalue weighted by Crippen LogP contribution is 2.34. The zero-order valence-corrected chi connectivity index (χ0v) is 8.93. The van der Waals surface area contributed by atoms with Crippen LogP contribution in [0, 0.1) is 17.6 Å². The molecule has 0 heterocycles. The smallest absolute Gasteiger partial charge is 0.169 e. The Kier molecular flexibility index (Phi) is 2.90. The van der Waals surface area contributed by atoms with Gasteiger partial charge in [-0.05, 0) is 18.9 Å². The second kappa shape index (κ2) is 4.20. The summed E-state index contributed by atoms with van der Waals surface area (Å²) in [6, 6.07) is 1.76. The van der Waals surface area contributed by atoms with Crippen LogP contribution in [0.15, 0.2) is 12.1 Å². The maximum atomic E-state index is 13.3. The molecule has 2 nitrogen and oxygen atoms in total. The molecule has 0 spiro atoms. The quantitative estimate of drug-likeness (QED) is 0.740. The van der Waals surface area contributed by atoms with Crippen LogP contribution in [0.4, 0.5) is 8.78 Å². The molecule has 0 aromatic heterocycles. The number of benzene rings is 1. The van der Waals surface area contributed by atoms with Gasteiger partial charge in [-0.3, -0.25) is 4.79 Å². The summed E-state index contributed by atoms with van der Waals surface area (Å²) < 4.78 is 31.2. The fourth-order valence-electron chi connectivity index (χ4n) is 1.84. The molecule has 0 saturated heterocycles. The first kappa shape index (κ1) is 11.0. The molecule has 1 fully saturated rings. The van der Waals surface area contributed by atoms with Gasteiger partial charge in [-0.25, -0.2) is 8.78 Å². The fourth-order valence-corrected chi connectivity index (χ4v) is 1.84. The lowest BCUT2D eigenvalue weighted by Gasteiger charge is -2.24. The molecule has 16 heavy (non-hydrogen) atoms. The summed E-state index contributed by atoms with van der Waals surface area (Å²) >= 11 is 0. The van der Waals surface area contributed by atoms with Crippen molar-refractivity contribution >= 4 is 5.78 Å². The van der Waals surface area contributed by atoms with E-state index in [1.165, 1.54) is 7.11 Å². The predicted octanol–water partition coefficient (Wildman–Crippen LogP) is 2.96. The predicted molar refractivity (Wildman–Crippen MR) is 54.6 cm³/mol. The highest BCUT2D eigenvalue weighted by molar-refractivity contribution is 6.00. The van der Waals surface area contributed by atoms with Crippen molar-refractivity contribution in [2.24, 2.45) is 5.92 Å². The molecule has 0 bridgehead atoms. The van der Waals surface area contributed by atoms with Gasteiger partial charge in [0.25, 0.3) is 0 Å². The van der Waals surface area contributed by atoms with Gasteiger partial charge in [0.15, 0.2) is 17.3 Å². The average molecular weight is 226 g/mol. The molecule has 0 radical (unpaired) electrons. The number of hydrogen-bond acceptors (Lipinski definition) is 2. The van der Waals surface area contributed by atoms with Crippen LogP contribution in [0.2, 0.25) is 0 Å². The summed E-state index contributed by atoms with van der Waals surface area (Å²) in [5, 5.41) is 0. The normalized spacial score (nSPS) is 15.7. The lowest BCUT2D eigenvalue weighted by atomic mass is 9.79. The molecule has 1 aromatic carbocycles. The maximum Gasteiger partial charge on any atom is 0.169 e. The van der Waals surface area contributed by atoms with E-state index in [0.29, 0.717) is 0 Å². The molecule has 1 aliphatic rings. The fraction of sp³-hybridized carbons (Fsp3) is 0.417. The number of methoxy groups -OCH3 is 1.